The Morgan fingerprint density at radius 3 is 2.87 bits per heavy atom. The molecule has 2 atom stereocenters. The lowest BCUT2D eigenvalue weighted by atomic mass is 10.2. The molecule has 2 aromatic heterocycles. The molecule has 0 aromatic carbocycles. The lowest BCUT2D eigenvalue weighted by Gasteiger charge is -2.22. The van der Waals surface area contributed by atoms with Gasteiger partial charge in [-0.1, -0.05) is 6.07 Å². The molecule has 1 N–H and O–H groups in total. The van der Waals surface area contributed by atoms with Crippen molar-refractivity contribution in [3.8, 4) is 6.07 Å². The second-order valence-electron chi connectivity index (χ2n) is 5.88. The minimum absolute atomic E-state index is 0.328. The van der Waals surface area contributed by atoms with Gasteiger partial charge in [-0.25, -0.2) is 4.98 Å². The van der Waals surface area contributed by atoms with Gasteiger partial charge in [0, 0.05) is 30.1 Å². The minimum Gasteiger partial charge on any atom is -0.327 e. The summed E-state index contributed by atoms with van der Waals surface area (Å²) in [6.07, 6.45) is 4.40. The van der Waals surface area contributed by atoms with E-state index in [0.29, 0.717) is 6.04 Å². The van der Waals surface area contributed by atoms with Crippen LogP contribution in [0.4, 0.5) is 0 Å². The van der Waals surface area contributed by atoms with Gasteiger partial charge in [0.05, 0.1) is 30.6 Å². The molecule has 0 amide bonds. The van der Waals surface area contributed by atoms with E-state index >= 15 is 0 Å². The molecular weight excluding hydrogens is 324 g/mol. The van der Waals surface area contributed by atoms with Crippen molar-refractivity contribution in [2.24, 2.45) is 4.99 Å². The molecule has 0 bridgehead atoms. The number of hydrogen-bond acceptors (Lipinski definition) is 5. The van der Waals surface area contributed by atoms with Gasteiger partial charge in [0.25, 0.3) is 0 Å². The molecule has 1 saturated heterocycles. The largest absolute Gasteiger partial charge is 0.327 e. The highest BCUT2D eigenvalue weighted by atomic mass is 32.1. The fraction of sp³-hybridized carbons (Fsp3) is 0.471. The van der Waals surface area contributed by atoms with Crippen LogP contribution in [0.3, 0.4) is 0 Å². The van der Waals surface area contributed by atoms with Gasteiger partial charge in [-0.3, -0.25) is 4.99 Å². The number of aromatic nitrogens is 1. The number of aryl methyl sites for hydroxylation is 1. The van der Waals surface area contributed by atoms with Crippen molar-refractivity contribution in [1.29, 1.82) is 5.26 Å². The van der Waals surface area contributed by atoms with E-state index in [4.69, 9.17) is 0 Å². The number of aliphatic imine (C=N–C) groups is 1. The maximum atomic E-state index is 9.37. The molecule has 1 aliphatic rings. The summed E-state index contributed by atoms with van der Waals surface area (Å²) in [6, 6.07) is 7.05. The molecule has 6 heteroatoms. The zero-order valence-corrected chi connectivity index (χ0v) is 14.9. The summed E-state index contributed by atoms with van der Waals surface area (Å²) < 4.78 is 0. The highest BCUT2D eigenvalue weighted by molar-refractivity contribution is 7.10. The van der Waals surface area contributed by atoms with Gasteiger partial charge in [-0.15, -0.1) is 22.7 Å². The molecule has 0 unspecified atom stereocenters. The number of thiophene rings is 1. The van der Waals surface area contributed by atoms with Gasteiger partial charge in [0.2, 0.25) is 0 Å². The molecule has 0 spiro atoms. The number of hydrogen-bond donors (Lipinski definition) is 1. The fourth-order valence-corrected chi connectivity index (χ4v) is 4.70. The van der Waals surface area contributed by atoms with Crippen molar-refractivity contribution in [2.45, 2.75) is 31.7 Å². The number of likely N-dealkylation sites (tertiary alicyclic amines) is 1. The van der Waals surface area contributed by atoms with Gasteiger partial charge in [-0.2, -0.15) is 5.26 Å². The Hall–Kier alpha value is -1.55. The van der Waals surface area contributed by atoms with E-state index in [9.17, 15) is 5.26 Å². The minimum atomic E-state index is -0.328. The standard InChI is InChI=1S/C17H20N4S2/c1-13-12-23-17(20-13)14(9-18)10-19-11-15(16-5-4-8-22-16)21-6-2-3-7-21/h4-5,8,10,12,14-15H,2-3,6-7,11H2,1H3/p+1/t14-,15+/m0/s1. The third-order valence-corrected chi connectivity index (χ3v) is 6.24. The van der Waals surface area contributed by atoms with E-state index in [0.717, 1.165) is 17.2 Å². The van der Waals surface area contributed by atoms with Crippen molar-refractivity contribution >= 4 is 28.9 Å². The number of quaternary nitrogens is 1. The quantitative estimate of drug-likeness (QED) is 0.818. The highest BCUT2D eigenvalue weighted by Crippen LogP contribution is 2.20. The average Bonchev–Trinajstić information content (AvgIpc) is 3.30. The molecule has 2 aromatic rings. The smallest absolute Gasteiger partial charge is 0.142 e. The maximum Gasteiger partial charge on any atom is 0.142 e. The van der Waals surface area contributed by atoms with Gasteiger partial charge in [0.1, 0.15) is 17.0 Å². The van der Waals surface area contributed by atoms with Crippen LogP contribution in [-0.2, 0) is 0 Å². The van der Waals surface area contributed by atoms with E-state index in [1.807, 2.05) is 23.6 Å². The van der Waals surface area contributed by atoms with Crippen LogP contribution in [0.5, 0.6) is 0 Å². The first-order valence-corrected chi connectivity index (χ1v) is 9.73. The van der Waals surface area contributed by atoms with Gasteiger partial charge in [-0.05, 0) is 18.4 Å². The summed E-state index contributed by atoms with van der Waals surface area (Å²) >= 11 is 3.35. The summed E-state index contributed by atoms with van der Waals surface area (Å²) in [4.78, 5) is 12.1. The first-order valence-electron chi connectivity index (χ1n) is 7.97. The first-order chi connectivity index (χ1) is 11.3. The van der Waals surface area contributed by atoms with Crippen LogP contribution in [0.2, 0.25) is 0 Å². The van der Waals surface area contributed by atoms with Crippen molar-refractivity contribution < 1.29 is 4.90 Å². The number of nitrogens with zero attached hydrogens (tertiary/aromatic N) is 3. The third-order valence-electron chi connectivity index (χ3n) is 4.21. The van der Waals surface area contributed by atoms with Crippen LogP contribution in [0, 0.1) is 18.3 Å². The molecule has 1 aliphatic heterocycles. The maximum absolute atomic E-state index is 9.37. The van der Waals surface area contributed by atoms with Crippen LogP contribution >= 0.6 is 22.7 Å². The molecule has 0 radical (unpaired) electrons. The molecule has 3 rings (SSSR count). The second-order valence-corrected chi connectivity index (χ2v) is 7.75. The molecular formula is C17H21N4S2+. The van der Waals surface area contributed by atoms with Crippen LogP contribution in [-0.4, -0.2) is 30.8 Å². The zero-order chi connectivity index (χ0) is 16.1. The summed E-state index contributed by atoms with van der Waals surface area (Å²) in [6.45, 7) is 5.16. The number of thiazole rings is 1. The number of nitrogens with one attached hydrogen (secondary N) is 1. The lowest BCUT2D eigenvalue weighted by Crippen LogP contribution is -3.10. The molecule has 23 heavy (non-hydrogen) atoms. The van der Waals surface area contributed by atoms with E-state index in [1.165, 1.54) is 42.1 Å². The zero-order valence-electron chi connectivity index (χ0n) is 13.2. The Balaban J connectivity index is 1.69. The lowest BCUT2D eigenvalue weighted by molar-refractivity contribution is -0.917. The molecule has 0 saturated carbocycles. The Kier molecular flexibility index (Phi) is 5.55. The van der Waals surface area contributed by atoms with Crippen LogP contribution in [0.1, 0.15) is 40.4 Å². The molecule has 120 valence electrons. The van der Waals surface area contributed by atoms with Crippen LogP contribution < -0.4 is 4.90 Å². The monoisotopic (exact) mass is 345 g/mol. The molecule has 3 heterocycles. The van der Waals surface area contributed by atoms with E-state index in [2.05, 4.69) is 33.6 Å². The van der Waals surface area contributed by atoms with Gasteiger partial charge < -0.3 is 4.90 Å². The molecule has 1 fully saturated rings. The SMILES string of the molecule is Cc1csc([C@@H](C#N)C=NC[C@H](c2cccs2)[NH+]2CCCC2)n1. The summed E-state index contributed by atoms with van der Waals surface area (Å²) in [5.41, 5.74) is 0.969. The summed E-state index contributed by atoms with van der Waals surface area (Å²) in [5, 5.41) is 14.3. The summed E-state index contributed by atoms with van der Waals surface area (Å²) in [7, 11) is 0. The molecule has 0 aliphatic carbocycles. The third kappa shape index (κ3) is 4.05. The van der Waals surface area contributed by atoms with Crippen molar-refractivity contribution in [3.05, 3.63) is 38.5 Å². The number of rotatable bonds is 6. The van der Waals surface area contributed by atoms with Crippen LogP contribution in [0.25, 0.3) is 0 Å². The first kappa shape index (κ1) is 16.3. The van der Waals surface area contributed by atoms with Gasteiger partial charge in [0.15, 0.2) is 0 Å². The Morgan fingerprint density at radius 1 is 1.43 bits per heavy atom. The van der Waals surface area contributed by atoms with Crippen LogP contribution in [0.15, 0.2) is 27.9 Å². The van der Waals surface area contributed by atoms with Gasteiger partial charge >= 0.3 is 0 Å². The van der Waals surface area contributed by atoms with Crippen molar-refractivity contribution in [1.82, 2.24) is 4.98 Å². The summed E-state index contributed by atoms with van der Waals surface area (Å²) in [5.74, 6) is -0.328. The Morgan fingerprint density at radius 2 is 2.26 bits per heavy atom. The fourth-order valence-electron chi connectivity index (χ4n) is 3.03. The Labute approximate surface area is 145 Å². The van der Waals surface area contributed by atoms with E-state index in [-0.39, 0.29) is 5.92 Å². The molecule has 4 nitrogen and oxygen atoms in total. The normalized spacial score (nSPS) is 18.3. The Bertz CT molecular complexity index is 678. The second kappa shape index (κ2) is 7.82. The highest BCUT2D eigenvalue weighted by Gasteiger charge is 2.27. The predicted octanol–water partition coefficient (Wildman–Crippen LogP) is 2.61. The van der Waals surface area contributed by atoms with E-state index < -0.39 is 0 Å². The van der Waals surface area contributed by atoms with E-state index in [1.54, 1.807) is 11.1 Å². The topological polar surface area (TPSA) is 53.5 Å². The van der Waals surface area contributed by atoms with Crippen molar-refractivity contribution in [3.63, 3.8) is 0 Å². The number of nitriles is 1. The van der Waals surface area contributed by atoms with Crippen molar-refractivity contribution in [2.75, 3.05) is 19.6 Å². The average molecular weight is 346 g/mol. The predicted molar refractivity (Wildman–Crippen MR) is 95.6 cm³/mol.